The molecule has 0 unspecified atom stereocenters. The number of nitrogens with zero attached hydrogens (tertiary/aromatic N) is 2. The summed E-state index contributed by atoms with van der Waals surface area (Å²) >= 11 is 0. The molecule has 0 aliphatic rings. The van der Waals surface area contributed by atoms with Crippen molar-refractivity contribution in [2.45, 2.75) is 0 Å². The van der Waals surface area contributed by atoms with Crippen molar-refractivity contribution in [3.05, 3.63) is 65.2 Å². The molecule has 20 heavy (non-hydrogen) atoms. The molecule has 0 aromatic heterocycles. The number of anilines is 1. The Labute approximate surface area is 114 Å². The Morgan fingerprint density at radius 1 is 1.10 bits per heavy atom. The number of carbonyl (C=O) groups excluding carboxylic acids is 1. The van der Waals surface area contributed by atoms with Gasteiger partial charge >= 0.3 is 0 Å². The molecule has 2 aromatic carbocycles. The lowest BCUT2D eigenvalue weighted by Gasteiger charge is -2.18. The molecule has 0 aliphatic heterocycles. The van der Waals surface area contributed by atoms with Crippen LogP contribution in [0.5, 0.6) is 0 Å². The van der Waals surface area contributed by atoms with Crippen molar-refractivity contribution in [1.82, 2.24) is 0 Å². The van der Waals surface area contributed by atoms with Crippen LogP contribution in [0, 0.1) is 23.0 Å². The zero-order chi connectivity index (χ0) is 14.7. The summed E-state index contributed by atoms with van der Waals surface area (Å²) in [4.78, 5) is 13.2. The summed E-state index contributed by atoms with van der Waals surface area (Å²) in [7, 11) is 1.41. The molecule has 2 rings (SSSR count). The highest BCUT2D eigenvalue weighted by molar-refractivity contribution is 6.06. The molecule has 0 spiro atoms. The summed E-state index contributed by atoms with van der Waals surface area (Å²) < 4.78 is 27.1. The van der Waals surface area contributed by atoms with Crippen LogP contribution >= 0.6 is 0 Å². The van der Waals surface area contributed by atoms with E-state index in [0.29, 0.717) is 11.3 Å². The van der Waals surface area contributed by atoms with Gasteiger partial charge < -0.3 is 4.90 Å². The Hall–Kier alpha value is -2.74. The Bertz CT molecular complexity index is 670. The van der Waals surface area contributed by atoms with Crippen molar-refractivity contribution < 1.29 is 13.6 Å². The zero-order valence-electron chi connectivity index (χ0n) is 10.6. The highest BCUT2D eigenvalue weighted by Gasteiger charge is 2.21. The molecule has 0 atom stereocenters. The highest BCUT2D eigenvalue weighted by atomic mass is 19.1. The molecule has 0 saturated heterocycles. The van der Waals surface area contributed by atoms with Gasteiger partial charge in [-0.25, -0.2) is 8.78 Å². The molecule has 0 saturated carbocycles. The summed E-state index contributed by atoms with van der Waals surface area (Å²) in [6.45, 7) is 0. The van der Waals surface area contributed by atoms with Gasteiger partial charge in [0, 0.05) is 12.7 Å². The number of halogens is 2. The van der Waals surface area contributed by atoms with Crippen molar-refractivity contribution in [2.75, 3.05) is 11.9 Å². The SMILES string of the molecule is CN(C(=O)c1c(F)cccc1F)c1ccc(C#N)cc1. The van der Waals surface area contributed by atoms with E-state index in [1.807, 2.05) is 6.07 Å². The van der Waals surface area contributed by atoms with Gasteiger partial charge in [0.1, 0.15) is 17.2 Å². The van der Waals surface area contributed by atoms with Crippen LogP contribution in [0.4, 0.5) is 14.5 Å². The predicted octanol–water partition coefficient (Wildman–Crippen LogP) is 3.11. The van der Waals surface area contributed by atoms with Gasteiger partial charge in [0.2, 0.25) is 0 Å². The van der Waals surface area contributed by atoms with Crippen LogP contribution in [0.25, 0.3) is 0 Å². The quantitative estimate of drug-likeness (QED) is 0.843. The van der Waals surface area contributed by atoms with E-state index in [0.717, 1.165) is 17.0 Å². The van der Waals surface area contributed by atoms with Crippen molar-refractivity contribution >= 4 is 11.6 Å². The maximum atomic E-state index is 13.6. The normalized spacial score (nSPS) is 9.90. The van der Waals surface area contributed by atoms with Crippen molar-refractivity contribution in [2.24, 2.45) is 0 Å². The Kier molecular flexibility index (Phi) is 3.76. The summed E-state index contributed by atoms with van der Waals surface area (Å²) in [5.74, 6) is -2.60. The first kappa shape index (κ1) is 13.7. The minimum atomic E-state index is -0.907. The summed E-state index contributed by atoms with van der Waals surface area (Å²) in [6.07, 6.45) is 0. The number of rotatable bonds is 2. The maximum Gasteiger partial charge on any atom is 0.263 e. The van der Waals surface area contributed by atoms with Crippen LogP contribution in [0.3, 0.4) is 0 Å². The molecule has 0 fully saturated rings. The van der Waals surface area contributed by atoms with E-state index in [4.69, 9.17) is 5.26 Å². The van der Waals surface area contributed by atoms with Crippen molar-refractivity contribution in [1.29, 1.82) is 5.26 Å². The molecular formula is C15H10F2N2O. The first-order valence-corrected chi connectivity index (χ1v) is 5.77. The minimum absolute atomic E-state index is 0.437. The fraction of sp³-hybridized carbons (Fsp3) is 0.0667. The summed E-state index contributed by atoms with van der Waals surface area (Å²) in [5, 5.41) is 8.70. The molecule has 0 bridgehead atoms. The summed E-state index contributed by atoms with van der Waals surface area (Å²) in [5.41, 5.74) is 0.280. The lowest BCUT2D eigenvalue weighted by atomic mass is 10.1. The average molecular weight is 272 g/mol. The zero-order valence-corrected chi connectivity index (χ0v) is 10.6. The van der Waals surface area contributed by atoms with Gasteiger partial charge in [-0.15, -0.1) is 0 Å². The van der Waals surface area contributed by atoms with E-state index in [1.165, 1.54) is 37.4 Å². The van der Waals surface area contributed by atoms with Gasteiger partial charge in [0.05, 0.1) is 11.6 Å². The lowest BCUT2D eigenvalue weighted by Crippen LogP contribution is -2.28. The molecular weight excluding hydrogens is 262 g/mol. The molecule has 100 valence electrons. The second kappa shape index (κ2) is 5.49. The van der Waals surface area contributed by atoms with Crippen LogP contribution in [-0.4, -0.2) is 13.0 Å². The van der Waals surface area contributed by atoms with Gasteiger partial charge in [-0.3, -0.25) is 4.79 Å². The molecule has 0 aliphatic carbocycles. The number of carbonyl (C=O) groups is 1. The van der Waals surface area contributed by atoms with Gasteiger partial charge in [0.25, 0.3) is 5.91 Å². The van der Waals surface area contributed by atoms with E-state index in [1.54, 1.807) is 0 Å². The van der Waals surface area contributed by atoms with Gasteiger partial charge in [-0.05, 0) is 36.4 Å². The number of nitriles is 1. The standard InChI is InChI=1S/C15H10F2N2O/c1-19(11-7-5-10(9-18)6-8-11)15(20)14-12(16)3-2-4-13(14)17/h2-8H,1H3. The third kappa shape index (κ3) is 2.50. The molecule has 0 N–H and O–H groups in total. The second-order valence-corrected chi connectivity index (χ2v) is 4.12. The fourth-order valence-electron chi connectivity index (χ4n) is 1.75. The van der Waals surface area contributed by atoms with Crippen LogP contribution < -0.4 is 4.90 Å². The topological polar surface area (TPSA) is 44.1 Å². The lowest BCUT2D eigenvalue weighted by molar-refractivity contribution is 0.0985. The van der Waals surface area contributed by atoms with Gasteiger partial charge in [0.15, 0.2) is 0 Å². The number of hydrogen-bond donors (Lipinski definition) is 0. The molecule has 0 radical (unpaired) electrons. The van der Waals surface area contributed by atoms with E-state index in [-0.39, 0.29) is 0 Å². The maximum absolute atomic E-state index is 13.6. The third-order valence-corrected chi connectivity index (χ3v) is 2.86. The van der Waals surface area contributed by atoms with Gasteiger partial charge in [-0.1, -0.05) is 6.07 Å². The molecule has 2 aromatic rings. The summed E-state index contributed by atoms with van der Waals surface area (Å²) in [6, 6.07) is 11.3. The van der Waals surface area contributed by atoms with Crippen molar-refractivity contribution in [3.63, 3.8) is 0 Å². The smallest absolute Gasteiger partial charge is 0.263 e. The van der Waals surface area contributed by atoms with Crippen LogP contribution in [0.1, 0.15) is 15.9 Å². The monoisotopic (exact) mass is 272 g/mol. The largest absolute Gasteiger partial charge is 0.311 e. The van der Waals surface area contributed by atoms with Gasteiger partial charge in [-0.2, -0.15) is 5.26 Å². The predicted molar refractivity (Wildman–Crippen MR) is 70.2 cm³/mol. The fourth-order valence-corrected chi connectivity index (χ4v) is 1.75. The van der Waals surface area contributed by atoms with E-state index >= 15 is 0 Å². The van der Waals surface area contributed by atoms with E-state index in [2.05, 4.69) is 0 Å². The number of hydrogen-bond acceptors (Lipinski definition) is 2. The minimum Gasteiger partial charge on any atom is -0.311 e. The number of benzene rings is 2. The average Bonchev–Trinajstić information content (AvgIpc) is 2.46. The van der Waals surface area contributed by atoms with Crippen LogP contribution in [0.2, 0.25) is 0 Å². The van der Waals surface area contributed by atoms with Crippen LogP contribution in [-0.2, 0) is 0 Å². The number of amides is 1. The first-order chi connectivity index (χ1) is 9.54. The Morgan fingerprint density at radius 2 is 1.65 bits per heavy atom. The Balaban J connectivity index is 2.35. The van der Waals surface area contributed by atoms with Crippen molar-refractivity contribution in [3.8, 4) is 6.07 Å². The molecule has 0 heterocycles. The second-order valence-electron chi connectivity index (χ2n) is 4.12. The van der Waals surface area contributed by atoms with Crippen LogP contribution in [0.15, 0.2) is 42.5 Å². The Morgan fingerprint density at radius 3 is 2.15 bits per heavy atom. The van der Waals surface area contributed by atoms with E-state index < -0.39 is 23.1 Å². The highest BCUT2D eigenvalue weighted by Crippen LogP contribution is 2.19. The molecule has 5 heteroatoms. The van der Waals surface area contributed by atoms with E-state index in [9.17, 15) is 13.6 Å². The first-order valence-electron chi connectivity index (χ1n) is 5.77. The molecule has 1 amide bonds. The molecule has 3 nitrogen and oxygen atoms in total. The third-order valence-electron chi connectivity index (χ3n) is 2.86.